The molecule has 0 saturated carbocycles. The van der Waals surface area contributed by atoms with Crippen LogP contribution in [0.1, 0.15) is 38.2 Å². The molecule has 0 aromatic heterocycles. The van der Waals surface area contributed by atoms with E-state index in [-0.39, 0.29) is 11.5 Å². The number of benzene rings is 3. The van der Waals surface area contributed by atoms with Crippen molar-refractivity contribution >= 4 is 46.3 Å². The first-order valence-corrected chi connectivity index (χ1v) is 11.3. The number of carbonyl (C=O) groups excluding carboxylic acids is 2. The number of hydrogen-bond donors (Lipinski definition) is 0. The third kappa shape index (κ3) is 4.76. The summed E-state index contributed by atoms with van der Waals surface area (Å²) < 4.78 is 0. The highest BCUT2D eigenvalue weighted by Crippen LogP contribution is 2.38. The maximum absolute atomic E-state index is 13.5. The molecule has 1 saturated heterocycles. The number of aryl methyl sites for hydroxylation is 4. The Morgan fingerprint density at radius 2 is 1.52 bits per heavy atom. The second-order valence-electron chi connectivity index (χ2n) is 8.09. The Labute approximate surface area is 197 Å². The van der Waals surface area contributed by atoms with Gasteiger partial charge in [-0.15, -0.1) is 0 Å². The van der Waals surface area contributed by atoms with Crippen LogP contribution >= 0.6 is 11.8 Å². The molecular formula is C27H23N2O3S-. The zero-order chi connectivity index (χ0) is 23.7. The van der Waals surface area contributed by atoms with Gasteiger partial charge in [-0.3, -0.25) is 9.69 Å². The second kappa shape index (κ2) is 9.08. The monoisotopic (exact) mass is 455 g/mol. The first kappa shape index (κ1) is 22.6. The van der Waals surface area contributed by atoms with Crippen LogP contribution in [-0.2, 0) is 4.79 Å². The number of carbonyl (C=O) groups is 2. The molecule has 5 nitrogen and oxygen atoms in total. The van der Waals surface area contributed by atoms with Crippen LogP contribution in [0.15, 0.2) is 70.6 Å². The maximum Gasteiger partial charge on any atom is 0.271 e. The SMILES string of the molecule is Cc1ccc(N=C2S/C(=C\c3ccc(C(=O)[O-])cc3)C(=O)N2c2ccc(C)c(C)c2)cc1C. The minimum atomic E-state index is -1.23. The zero-order valence-electron chi connectivity index (χ0n) is 18.9. The van der Waals surface area contributed by atoms with Gasteiger partial charge in [0.25, 0.3) is 5.91 Å². The molecule has 6 heteroatoms. The van der Waals surface area contributed by atoms with Crippen LogP contribution in [0.3, 0.4) is 0 Å². The fraction of sp³-hybridized carbons (Fsp3) is 0.148. The lowest BCUT2D eigenvalue weighted by molar-refractivity contribution is -0.255. The molecule has 0 bridgehead atoms. The molecule has 3 aromatic carbocycles. The average Bonchev–Trinajstić information content (AvgIpc) is 3.07. The molecule has 4 rings (SSSR count). The van der Waals surface area contributed by atoms with E-state index in [2.05, 4.69) is 0 Å². The van der Waals surface area contributed by atoms with Crippen molar-refractivity contribution < 1.29 is 14.7 Å². The van der Waals surface area contributed by atoms with Crippen LogP contribution in [0.2, 0.25) is 0 Å². The van der Waals surface area contributed by atoms with Gasteiger partial charge in [-0.2, -0.15) is 0 Å². The van der Waals surface area contributed by atoms with Crippen LogP contribution in [0, 0.1) is 27.7 Å². The number of anilines is 1. The van der Waals surface area contributed by atoms with E-state index in [4.69, 9.17) is 4.99 Å². The highest BCUT2D eigenvalue weighted by Gasteiger charge is 2.35. The van der Waals surface area contributed by atoms with E-state index < -0.39 is 5.97 Å². The lowest BCUT2D eigenvalue weighted by Gasteiger charge is -2.17. The lowest BCUT2D eigenvalue weighted by atomic mass is 10.1. The quantitative estimate of drug-likeness (QED) is 0.514. The topological polar surface area (TPSA) is 72.8 Å². The van der Waals surface area contributed by atoms with Crippen LogP contribution in [-0.4, -0.2) is 17.0 Å². The van der Waals surface area contributed by atoms with Crippen molar-refractivity contribution in [1.29, 1.82) is 0 Å². The van der Waals surface area contributed by atoms with E-state index in [1.54, 1.807) is 23.1 Å². The molecule has 0 unspecified atom stereocenters. The van der Waals surface area contributed by atoms with E-state index in [1.807, 2.05) is 64.1 Å². The molecule has 1 heterocycles. The number of amidine groups is 1. The van der Waals surface area contributed by atoms with Gasteiger partial charge in [-0.05, 0) is 103 Å². The molecule has 0 aliphatic carbocycles. The number of nitrogens with zero attached hydrogens (tertiary/aromatic N) is 2. The molecule has 3 aromatic rings. The molecular weight excluding hydrogens is 432 g/mol. The van der Waals surface area contributed by atoms with E-state index in [9.17, 15) is 14.7 Å². The predicted molar refractivity (Wildman–Crippen MR) is 133 cm³/mol. The van der Waals surface area contributed by atoms with Gasteiger partial charge in [0, 0.05) is 0 Å². The summed E-state index contributed by atoms with van der Waals surface area (Å²) in [6, 6.07) is 18.1. The number of thioether (sulfide) groups is 1. The van der Waals surface area contributed by atoms with Crippen molar-refractivity contribution in [2.24, 2.45) is 4.99 Å². The first-order valence-electron chi connectivity index (χ1n) is 10.5. The molecule has 1 amide bonds. The molecule has 0 spiro atoms. The summed E-state index contributed by atoms with van der Waals surface area (Å²) in [5.74, 6) is -1.40. The maximum atomic E-state index is 13.5. The zero-order valence-corrected chi connectivity index (χ0v) is 19.7. The third-order valence-corrected chi connectivity index (χ3v) is 6.68. The summed E-state index contributed by atoms with van der Waals surface area (Å²) in [6.07, 6.45) is 1.75. The van der Waals surface area contributed by atoms with E-state index >= 15 is 0 Å². The summed E-state index contributed by atoms with van der Waals surface area (Å²) in [7, 11) is 0. The number of carboxylic acid groups (broad SMARTS) is 1. The lowest BCUT2D eigenvalue weighted by Crippen LogP contribution is -2.28. The van der Waals surface area contributed by atoms with Gasteiger partial charge < -0.3 is 9.90 Å². The van der Waals surface area contributed by atoms with E-state index in [0.29, 0.717) is 10.1 Å². The highest BCUT2D eigenvalue weighted by molar-refractivity contribution is 8.19. The Morgan fingerprint density at radius 1 is 0.879 bits per heavy atom. The summed E-state index contributed by atoms with van der Waals surface area (Å²) in [4.78, 5) is 31.4. The molecule has 0 N–H and O–H groups in total. The van der Waals surface area contributed by atoms with Gasteiger partial charge in [-0.1, -0.05) is 36.4 Å². The number of rotatable bonds is 4. The average molecular weight is 456 g/mol. The molecule has 0 radical (unpaired) electrons. The van der Waals surface area contributed by atoms with Crippen LogP contribution in [0.4, 0.5) is 11.4 Å². The van der Waals surface area contributed by atoms with Crippen LogP contribution in [0.5, 0.6) is 0 Å². The predicted octanol–water partition coefficient (Wildman–Crippen LogP) is 5.09. The van der Waals surface area contributed by atoms with E-state index in [1.165, 1.54) is 29.5 Å². The van der Waals surface area contributed by atoms with Gasteiger partial charge in [0.2, 0.25) is 0 Å². The number of aliphatic imine (C=N–C) groups is 1. The Kier molecular flexibility index (Phi) is 6.20. The molecule has 1 aliphatic rings. The minimum Gasteiger partial charge on any atom is -0.545 e. The molecule has 1 fully saturated rings. The van der Waals surface area contributed by atoms with Gasteiger partial charge >= 0.3 is 0 Å². The molecule has 166 valence electrons. The van der Waals surface area contributed by atoms with Crippen LogP contribution < -0.4 is 10.0 Å². The second-order valence-corrected chi connectivity index (χ2v) is 9.10. The fourth-order valence-corrected chi connectivity index (χ4v) is 4.41. The van der Waals surface area contributed by atoms with Gasteiger partial charge in [0.15, 0.2) is 5.17 Å². The Morgan fingerprint density at radius 3 is 2.12 bits per heavy atom. The first-order chi connectivity index (χ1) is 15.7. The third-order valence-electron chi connectivity index (χ3n) is 5.71. The Balaban J connectivity index is 1.77. The van der Waals surface area contributed by atoms with Crippen molar-refractivity contribution in [3.05, 3.63) is 98.9 Å². The summed E-state index contributed by atoms with van der Waals surface area (Å²) >= 11 is 1.30. The van der Waals surface area contributed by atoms with Gasteiger partial charge in [0.05, 0.1) is 22.2 Å². The summed E-state index contributed by atoms with van der Waals surface area (Å²) in [5.41, 5.74) is 6.91. The van der Waals surface area contributed by atoms with Gasteiger partial charge in [-0.25, -0.2) is 4.99 Å². The Hall–Kier alpha value is -3.64. The standard InChI is InChI=1S/C27H24N2O3S/c1-16-5-11-22(13-18(16)3)28-27-29(23-12-6-17(2)19(4)14-23)25(30)24(33-27)15-20-7-9-21(10-8-20)26(31)32/h5-15H,1-4H3,(H,31,32)/p-1/b24-15-,28-27?. The molecule has 1 aliphatic heterocycles. The number of carboxylic acids is 1. The van der Waals surface area contributed by atoms with Gasteiger partial charge in [0.1, 0.15) is 0 Å². The van der Waals surface area contributed by atoms with Crippen molar-refractivity contribution in [3.63, 3.8) is 0 Å². The largest absolute Gasteiger partial charge is 0.545 e. The smallest absolute Gasteiger partial charge is 0.271 e. The van der Waals surface area contributed by atoms with E-state index in [0.717, 1.165) is 33.6 Å². The molecule has 0 atom stereocenters. The summed E-state index contributed by atoms with van der Waals surface area (Å²) in [5, 5.41) is 11.6. The summed E-state index contributed by atoms with van der Waals surface area (Å²) in [6.45, 7) is 8.14. The van der Waals surface area contributed by atoms with Crippen molar-refractivity contribution in [2.75, 3.05) is 4.90 Å². The van der Waals surface area contributed by atoms with Crippen molar-refractivity contribution in [3.8, 4) is 0 Å². The number of hydrogen-bond acceptors (Lipinski definition) is 5. The van der Waals surface area contributed by atoms with Crippen molar-refractivity contribution in [2.45, 2.75) is 27.7 Å². The highest BCUT2D eigenvalue weighted by atomic mass is 32.2. The number of amides is 1. The van der Waals surface area contributed by atoms with Crippen LogP contribution in [0.25, 0.3) is 6.08 Å². The minimum absolute atomic E-state index is 0.0938. The normalized spacial score (nSPS) is 16.1. The number of aromatic carboxylic acids is 1. The fourth-order valence-electron chi connectivity index (χ4n) is 3.41. The molecule has 33 heavy (non-hydrogen) atoms. The Bertz CT molecular complexity index is 1320. The van der Waals surface area contributed by atoms with Crippen molar-refractivity contribution in [1.82, 2.24) is 0 Å².